The average Bonchev–Trinajstić information content (AvgIpc) is 2.72. The third-order valence-electron chi connectivity index (χ3n) is 2.96. The van der Waals surface area contributed by atoms with Gasteiger partial charge in [-0.25, -0.2) is 9.78 Å². The summed E-state index contributed by atoms with van der Waals surface area (Å²) in [5.74, 6) is 1.91. The lowest BCUT2D eigenvalue weighted by Crippen LogP contribution is -2.32. The van der Waals surface area contributed by atoms with Crippen LogP contribution in [-0.4, -0.2) is 47.6 Å². The average molecular weight is 286 g/mol. The first-order chi connectivity index (χ1) is 8.63. The van der Waals surface area contributed by atoms with Gasteiger partial charge in [0.15, 0.2) is 5.69 Å². The van der Waals surface area contributed by atoms with E-state index in [9.17, 15) is 4.79 Å². The Labute approximate surface area is 116 Å². The van der Waals surface area contributed by atoms with Crippen molar-refractivity contribution in [1.82, 2.24) is 9.88 Å². The number of aryl methyl sites for hydroxylation is 1. The van der Waals surface area contributed by atoms with E-state index in [4.69, 9.17) is 4.74 Å². The fourth-order valence-corrected chi connectivity index (χ4v) is 4.30. The summed E-state index contributed by atoms with van der Waals surface area (Å²) in [5.41, 5.74) is 0.487. The van der Waals surface area contributed by atoms with Crippen LogP contribution in [-0.2, 0) is 4.74 Å². The maximum Gasteiger partial charge on any atom is 0.358 e. The fraction of sp³-hybridized carbons (Fsp3) is 0.667. The Morgan fingerprint density at radius 2 is 2.39 bits per heavy atom. The normalized spacial score (nSPS) is 20.9. The van der Waals surface area contributed by atoms with Crippen molar-refractivity contribution >= 4 is 29.1 Å². The van der Waals surface area contributed by atoms with E-state index in [0.717, 1.165) is 22.2 Å². The van der Waals surface area contributed by atoms with Crippen LogP contribution in [0.4, 0.5) is 0 Å². The third-order valence-corrected chi connectivity index (χ3v) is 5.06. The number of aromatic nitrogens is 1. The fourth-order valence-electron chi connectivity index (χ4n) is 1.89. The summed E-state index contributed by atoms with van der Waals surface area (Å²) in [4.78, 5) is 19.5. The Morgan fingerprint density at radius 3 is 3.06 bits per heavy atom. The number of hydrogen-bond acceptors (Lipinski definition) is 6. The van der Waals surface area contributed by atoms with Gasteiger partial charge in [0.2, 0.25) is 0 Å². The quantitative estimate of drug-likeness (QED) is 0.798. The second-order valence-corrected chi connectivity index (χ2v) is 6.63. The van der Waals surface area contributed by atoms with Crippen molar-refractivity contribution < 1.29 is 9.53 Å². The number of ether oxygens (including phenoxy) is 1. The largest absolute Gasteiger partial charge is 0.461 e. The zero-order chi connectivity index (χ0) is 13.1. The molecule has 0 amide bonds. The lowest BCUT2D eigenvalue weighted by molar-refractivity contribution is 0.0519. The second-order valence-electron chi connectivity index (χ2n) is 4.25. The van der Waals surface area contributed by atoms with Gasteiger partial charge in [0.05, 0.1) is 12.6 Å². The molecule has 0 aromatic carbocycles. The predicted octanol–water partition coefficient (Wildman–Crippen LogP) is 2.35. The smallest absolute Gasteiger partial charge is 0.358 e. The second kappa shape index (κ2) is 6.04. The first-order valence-corrected chi connectivity index (χ1v) is 8.03. The molecule has 1 saturated heterocycles. The van der Waals surface area contributed by atoms with Gasteiger partial charge in [-0.05, 0) is 20.9 Å². The van der Waals surface area contributed by atoms with Crippen LogP contribution >= 0.6 is 23.1 Å². The predicted molar refractivity (Wildman–Crippen MR) is 75.5 cm³/mol. The molecule has 1 aromatic rings. The highest BCUT2D eigenvalue weighted by Gasteiger charge is 2.26. The number of esters is 1. The van der Waals surface area contributed by atoms with Gasteiger partial charge in [-0.1, -0.05) is 0 Å². The monoisotopic (exact) mass is 286 g/mol. The summed E-state index contributed by atoms with van der Waals surface area (Å²) in [6.07, 6.45) is 0. The van der Waals surface area contributed by atoms with Crippen molar-refractivity contribution in [2.45, 2.75) is 19.9 Å². The Hall–Kier alpha value is -0.590. The molecule has 0 spiro atoms. The SMILES string of the molecule is CCOC(=O)c1nc(C2CSCCN2C)sc1C. The molecule has 1 atom stereocenters. The molecule has 0 saturated carbocycles. The Kier molecular flexibility index (Phi) is 4.64. The lowest BCUT2D eigenvalue weighted by atomic mass is 10.3. The van der Waals surface area contributed by atoms with Gasteiger partial charge in [-0.3, -0.25) is 4.90 Å². The molecule has 0 radical (unpaired) electrons. The maximum absolute atomic E-state index is 11.7. The van der Waals surface area contributed by atoms with E-state index >= 15 is 0 Å². The molecule has 1 fully saturated rings. The minimum absolute atomic E-state index is 0.302. The molecule has 2 heterocycles. The summed E-state index contributed by atoms with van der Waals surface area (Å²) >= 11 is 3.56. The minimum atomic E-state index is -0.302. The Bertz CT molecular complexity index is 434. The molecule has 0 N–H and O–H groups in total. The standard InChI is InChI=1S/C12H18N2O2S2/c1-4-16-12(15)10-8(2)18-11(13-10)9-7-17-6-5-14(9)3/h9H,4-7H2,1-3H3. The molecule has 1 aliphatic rings. The van der Waals surface area contributed by atoms with Gasteiger partial charge in [0.1, 0.15) is 5.01 Å². The van der Waals surface area contributed by atoms with Crippen LogP contribution in [0.15, 0.2) is 0 Å². The summed E-state index contributed by atoms with van der Waals surface area (Å²) < 4.78 is 5.02. The first-order valence-electron chi connectivity index (χ1n) is 6.06. The topological polar surface area (TPSA) is 42.4 Å². The first kappa shape index (κ1) is 13.8. The molecule has 1 aliphatic heterocycles. The molecule has 2 rings (SSSR count). The number of hydrogen-bond donors (Lipinski definition) is 0. The van der Waals surface area contributed by atoms with Crippen LogP contribution in [0, 0.1) is 6.92 Å². The van der Waals surface area contributed by atoms with Gasteiger partial charge in [-0.15, -0.1) is 11.3 Å². The Balaban J connectivity index is 2.19. The van der Waals surface area contributed by atoms with Crippen LogP contribution in [0.5, 0.6) is 0 Å². The number of carbonyl (C=O) groups is 1. The third kappa shape index (κ3) is 2.87. The summed E-state index contributed by atoms with van der Waals surface area (Å²) in [6.45, 7) is 5.21. The molecule has 4 nitrogen and oxygen atoms in total. The van der Waals surface area contributed by atoms with Gasteiger partial charge >= 0.3 is 5.97 Å². The van der Waals surface area contributed by atoms with Gasteiger partial charge in [0.25, 0.3) is 0 Å². The molecule has 1 aromatic heterocycles. The minimum Gasteiger partial charge on any atom is -0.461 e. The molecular weight excluding hydrogens is 268 g/mol. The maximum atomic E-state index is 11.7. The van der Waals surface area contributed by atoms with Crippen molar-refractivity contribution in [3.05, 3.63) is 15.6 Å². The van der Waals surface area contributed by atoms with E-state index in [0.29, 0.717) is 18.3 Å². The highest BCUT2D eigenvalue weighted by atomic mass is 32.2. The highest BCUT2D eigenvalue weighted by molar-refractivity contribution is 7.99. The number of thiazole rings is 1. The van der Waals surface area contributed by atoms with Crippen molar-refractivity contribution in [2.24, 2.45) is 0 Å². The molecular formula is C12H18N2O2S2. The molecule has 0 aliphatic carbocycles. The summed E-state index contributed by atoms with van der Waals surface area (Å²) in [6, 6.07) is 0.329. The molecule has 1 unspecified atom stereocenters. The van der Waals surface area contributed by atoms with Gasteiger partial charge in [0, 0.05) is 22.9 Å². The van der Waals surface area contributed by atoms with Crippen LogP contribution in [0.25, 0.3) is 0 Å². The number of thioether (sulfide) groups is 1. The van der Waals surface area contributed by atoms with Crippen molar-refractivity contribution in [1.29, 1.82) is 0 Å². The van der Waals surface area contributed by atoms with E-state index < -0.39 is 0 Å². The van der Waals surface area contributed by atoms with Crippen molar-refractivity contribution in [2.75, 3.05) is 31.7 Å². The molecule has 18 heavy (non-hydrogen) atoms. The molecule has 100 valence electrons. The van der Waals surface area contributed by atoms with Crippen LogP contribution < -0.4 is 0 Å². The number of rotatable bonds is 3. The van der Waals surface area contributed by atoms with Crippen molar-refractivity contribution in [3.8, 4) is 0 Å². The van der Waals surface area contributed by atoms with E-state index in [2.05, 4.69) is 16.9 Å². The van der Waals surface area contributed by atoms with E-state index in [1.807, 2.05) is 25.6 Å². The lowest BCUT2D eigenvalue weighted by Gasteiger charge is -2.30. The van der Waals surface area contributed by atoms with Crippen LogP contribution in [0.2, 0.25) is 0 Å². The summed E-state index contributed by atoms with van der Waals surface area (Å²) in [5, 5.41) is 1.03. The molecule has 6 heteroatoms. The van der Waals surface area contributed by atoms with E-state index in [1.54, 1.807) is 11.3 Å². The number of nitrogens with zero attached hydrogens (tertiary/aromatic N) is 2. The van der Waals surface area contributed by atoms with Gasteiger partial charge in [-0.2, -0.15) is 11.8 Å². The van der Waals surface area contributed by atoms with E-state index in [-0.39, 0.29) is 5.97 Å². The van der Waals surface area contributed by atoms with Crippen LogP contribution in [0.1, 0.15) is 33.3 Å². The highest BCUT2D eigenvalue weighted by Crippen LogP contribution is 2.32. The summed E-state index contributed by atoms with van der Waals surface area (Å²) in [7, 11) is 2.12. The molecule has 0 bridgehead atoms. The number of carbonyl (C=O) groups excluding carboxylic acids is 1. The Morgan fingerprint density at radius 1 is 1.61 bits per heavy atom. The zero-order valence-corrected chi connectivity index (χ0v) is 12.6. The van der Waals surface area contributed by atoms with Crippen LogP contribution in [0.3, 0.4) is 0 Å². The zero-order valence-electron chi connectivity index (χ0n) is 10.9. The van der Waals surface area contributed by atoms with Gasteiger partial charge < -0.3 is 4.74 Å². The van der Waals surface area contributed by atoms with E-state index in [1.165, 1.54) is 5.75 Å². The van der Waals surface area contributed by atoms with Crippen molar-refractivity contribution in [3.63, 3.8) is 0 Å².